The van der Waals surface area contributed by atoms with Crippen LogP contribution in [0.2, 0.25) is 0 Å². The summed E-state index contributed by atoms with van der Waals surface area (Å²) >= 11 is 0. The van der Waals surface area contributed by atoms with Gasteiger partial charge in [0.05, 0.1) is 11.0 Å². The Bertz CT molecular complexity index is 1110. The molecule has 6 nitrogen and oxygen atoms in total. The van der Waals surface area contributed by atoms with Crippen molar-refractivity contribution in [2.75, 3.05) is 31.1 Å². The first-order chi connectivity index (χ1) is 16.7. The summed E-state index contributed by atoms with van der Waals surface area (Å²) in [5.41, 5.74) is 3.51. The number of amides is 1. The second-order valence-electron chi connectivity index (χ2n) is 9.61. The molecule has 0 bridgehead atoms. The van der Waals surface area contributed by atoms with Crippen molar-refractivity contribution in [3.63, 3.8) is 0 Å². The zero-order valence-electron chi connectivity index (χ0n) is 19.9. The van der Waals surface area contributed by atoms with E-state index in [2.05, 4.69) is 74.8 Å². The van der Waals surface area contributed by atoms with Crippen molar-refractivity contribution >= 4 is 22.9 Å². The number of benzene rings is 2. The van der Waals surface area contributed by atoms with Crippen molar-refractivity contribution in [3.8, 4) is 0 Å². The molecule has 0 atom stereocenters. The average molecular weight is 458 g/mol. The number of aromatic nitrogens is 2. The van der Waals surface area contributed by atoms with E-state index in [1.54, 1.807) is 0 Å². The number of carbonyl (C=O) groups excluding carboxylic acids is 1. The number of nitrogens with zero attached hydrogens (tertiary/aromatic N) is 4. The predicted octanol–water partition coefficient (Wildman–Crippen LogP) is 4.22. The molecule has 0 radical (unpaired) electrons. The molecule has 3 aromatic rings. The van der Waals surface area contributed by atoms with Gasteiger partial charge in [-0.25, -0.2) is 4.98 Å². The molecule has 6 heteroatoms. The number of imidazole rings is 1. The number of likely N-dealkylation sites (tertiary alicyclic amines) is 1. The van der Waals surface area contributed by atoms with Gasteiger partial charge in [0.1, 0.15) is 0 Å². The number of fused-ring (bicyclic) bond motifs is 1. The highest BCUT2D eigenvalue weighted by atomic mass is 16.2. The second-order valence-corrected chi connectivity index (χ2v) is 9.61. The summed E-state index contributed by atoms with van der Waals surface area (Å²) in [6.07, 6.45) is 5.72. The first-order valence-corrected chi connectivity index (χ1v) is 12.6. The van der Waals surface area contributed by atoms with Crippen LogP contribution in [0, 0.1) is 5.92 Å². The first kappa shape index (κ1) is 22.7. The molecule has 1 aromatic heterocycles. The van der Waals surface area contributed by atoms with Crippen LogP contribution in [0.25, 0.3) is 11.0 Å². The Morgan fingerprint density at radius 3 is 2.41 bits per heavy atom. The molecule has 2 aliphatic rings. The van der Waals surface area contributed by atoms with Gasteiger partial charge in [-0.05, 0) is 43.4 Å². The third kappa shape index (κ3) is 5.02. The van der Waals surface area contributed by atoms with Crippen molar-refractivity contribution in [1.82, 2.24) is 19.8 Å². The minimum absolute atomic E-state index is 0.0934. The lowest BCUT2D eigenvalue weighted by atomic mass is 9.95. The lowest BCUT2D eigenvalue weighted by Gasteiger charge is -2.35. The normalized spacial score (nSPS) is 18.3. The number of carbonyl (C=O) groups is 1. The fraction of sp³-hybridized carbons (Fsp3) is 0.429. The fourth-order valence-electron chi connectivity index (χ4n) is 5.35. The Balaban J connectivity index is 1.12. The average Bonchev–Trinajstić information content (AvgIpc) is 3.25. The van der Waals surface area contributed by atoms with Gasteiger partial charge in [-0.15, -0.1) is 6.58 Å². The topological polar surface area (TPSA) is 53.4 Å². The minimum atomic E-state index is 0.0934. The summed E-state index contributed by atoms with van der Waals surface area (Å²) in [6.45, 7) is 9.44. The highest BCUT2D eigenvalue weighted by Gasteiger charge is 2.29. The quantitative estimate of drug-likeness (QED) is 0.540. The SMILES string of the molecule is C=CCn1c(N2CCC(C(=O)NC3CCN(Cc4ccccc4)CC3)CC2)nc2ccccc21. The maximum atomic E-state index is 13.0. The summed E-state index contributed by atoms with van der Waals surface area (Å²) in [5.74, 6) is 1.32. The maximum Gasteiger partial charge on any atom is 0.223 e. The largest absolute Gasteiger partial charge is 0.353 e. The maximum absolute atomic E-state index is 13.0. The van der Waals surface area contributed by atoms with E-state index in [0.717, 1.165) is 81.9 Å². The molecule has 34 heavy (non-hydrogen) atoms. The molecule has 2 aliphatic heterocycles. The van der Waals surface area contributed by atoms with Crippen LogP contribution in [-0.2, 0) is 17.9 Å². The van der Waals surface area contributed by atoms with E-state index in [-0.39, 0.29) is 11.8 Å². The number of para-hydroxylation sites is 2. The molecule has 178 valence electrons. The van der Waals surface area contributed by atoms with E-state index >= 15 is 0 Å². The third-order valence-electron chi connectivity index (χ3n) is 7.28. The summed E-state index contributed by atoms with van der Waals surface area (Å²) in [7, 11) is 0. The van der Waals surface area contributed by atoms with Crippen LogP contribution < -0.4 is 10.2 Å². The molecule has 1 N–H and O–H groups in total. The molecule has 1 amide bonds. The predicted molar refractivity (Wildman–Crippen MR) is 138 cm³/mol. The number of hydrogen-bond donors (Lipinski definition) is 1. The van der Waals surface area contributed by atoms with Crippen molar-refractivity contribution in [2.24, 2.45) is 5.92 Å². The fourth-order valence-corrected chi connectivity index (χ4v) is 5.35. The summed E-state index contributed by atoms with van der Waals surface area (Å²) in [4.78, 5) is 22.7. The van der Waals surface area contributed by atoms with Crippen molar-refractivity contribution < 1.29 is 4.79 Å². The number of anilines is 1. The summed E-state index contributed by atoms with van der Waals surface area (Å²) in [5, 5.41) is 3.36. The monoisotopic (exact) mass is 457 g/mol. The van der Waals surface area contributed by atoms with Crippen LogP contribution in [0.4, 0.5) is 5.95 Å². The van der Waals surface area contributed by atoms with Crippen LogP contribution in [0.5, 0.6) is 0 Å². The third-order valence-corrected chi connectivity index (χ3v) is 7.28. The Hall–Kier alpha value is -3.12. The summed E-state index contributed by atoms with van der Waals surface area (Å²) < 4.78 is 2.23. The number of nitrogens with one attached hydrogen (secondary N) is 1. The van der Waals surface area contributed by atoms with Gasteiger partial charge in [-0.3, -0.25) is 9.69 Å². The minimum Gasteiger partial charge on any atom is -0.353 e. The Kier molecular flexibility index (Phi) is 6.95. The van der Waals surface area contributed by atoms with Gasteiger partial charge < -0.3 is 14.8 Å². The Morgan fingerprint density at radius 2 is 1.68 bits per heavy atom. The lowest BCUT2D eigenvalue weighted by molar-refractivity contribution is -0.126. The van der Waals surface area contributed by atoms with Gasteiger partial charge in [0, 0.05) is 51.2 Å². The Labute approximate surface area is 202 Å². The highest BCUT2D eigenvalue weighted by molar-refractivity contribution is 5.80. The molecular formula is C28H35N5O. The van der Waals surface area contributed by atoms with E-state index in [1.807, 2.05) is 12.1 Å². The van der Waals surface area contributed by atoms with E-state index in [1.165, 1.54) is 5.56 Å². The van der Waals surface area contributed by atoms with Crippen LogP contribution in [0.15, 0.2) is 67.3 Å². The van der Waals surface area contributed by atoms with E-state index in [4.69, 9.17) is 4.98 Å². The molecule has 0 saturated carbocycles. The lowest BCUT2D eigenvalue weighted by Crippen LogP contribution is -2.48. The molecular weight excluding hydrogens is 422 g/mol. The molecule has 0 spiro atoms. The number of piperidine rings is 2. The zero-order chi connectivity index (χ0) is 23.3. The number of hydrogen-bond acceptors (Lipinski definition) is 4. The molecule has 0 unspecified atom stereocenters. The smallest absolute Gasteiger partial charge is 0.223 e. The highest BCUT2D eigenvalue weighted by Crippen LogP contribution is 2.27. The van der Waals surface area contributed by atoms with Crippen molar-refractivity contribution in [3.05, 3.63) is 72.8 Å². The van der Waals surface area contributed by atoms with Crippen molar-refractivity contribution in [2.45, 2.75) is 44.8 Å². The van der Waals surface area contributed by atoms with Gasteiger partial charge in [0.2, 0.25) is 11.9 Å². The standard InChI is InChI=1S/C28H35N5O/c1-2-16-33-26-11-7-6-10-25(26)30-28(33)32-19-12-23(13-20-32)27(34)29-24-14-17-31(18-15-24)21-22-8-4-3-5-9-22/h2-11,23-24H,1,12-21H2,(H,29,34). The van der Waals surface area contributed by atoms with Gasteiger partial charge in [-0.1, -0.05) is 48.5 Å². The molecule has 2 saturated heterocycles. The van der Waals surface area contributed by atoms with E-state index in [0.29, 0.717) is 6.04 Å². The van der Waals surface area contributed by atoms with E-state index < -0.39 is 0 Å². The van der Waals surface area contributed by atoms with Gasteiger partial charge >= 0.3 is 0 Å². The van der Waals surface area contributed by atoms with Gasteiger partial charge in [0.25, 0.3) is 0 Å². The first-order valence-electron chi connectivity index (χ1n) is 12.6. The van der Waals surface area contributed by atoms with Crippen LogP contribution in [0.1, 0.15) is 31.2 Å². The molecule has 0 aliphatic carbocycles. The number of allylic oxidation sites excluding steroid dienone is 1. The van der Waals surface area contributed by atoms with Gasteiger partial charge in [0.15, 0.2) is 0 Å². The van der Waals surface area contributed by atoms with Crippen molar-refractivity contribution in [1.29, 1.82) is 0 Å². The zero-order valence-corrected chi connectivity index (χ0v) is 19.9. The molecule has 3 heterocycles. The molecule has 2 aromatic carbocycles. The van der Waals surface area contributed by atoms with E-state index in [9.17, 15) is 4.79 Å². The second kappa shape index (κ2) is 10.4. The van der Waals surface area contributed by atoms with Crippen LogP contribution in [-0.4, -0.2) is 52.6 Å². The summed E-state index contributed by atoms with van der Waals surface area (Å²) in [6, 6.07) is 19.2. The molecule has 5 rings (SSSR count). The van der Waals surface area contributed by atoms with Crippen LogP contribution in [0.3, 0.4) is 0 Å². The van der Waals surface area contributed by atoms with Crippen LogP contribution >= 0.6 is 0 Å². The van der Waals surface area contributed by atoms with Gasteiger partial charge in [-0.2, -0.15) is 0 Å². The number of rotatable bonds is 7. The Morgan fingerprint density at radius 1 is 0.971 bits per heavy atom. The molecule has 2 fully saturated rings.